The van der Waals surface area contributed by atoms with Crippen LogP contribution in [0.5, 0.6) is 0 Å². The lowest BCUT2D eigenvalue weighted by molar-refractivity contribution is 0.586. The number of aromatic amines is 2. The van der Waals surface area contributed by atoms with Crippen molar-refractivity contribution in [2.24, 2.45) is 0 Å². The Hall–Kier alpha value is -4.41. The number of H-pyrrole nitrogens is 2. The molecule has 0 amide bonds. The maximum atomic E-state index is 14.5. The fourth-order valence-corrected chi connectivity index (χ4v) is 5.09. The van der Waals surface area contributed by atoms with Crippen LogP contribution >= 0.6 is 0 Å². The van der Waals surface area contributed by atoms with Gasteiger partial charge in [0.2, 0.25) is 10.0 Å². The molecule has 190 valence electrons. The van der Waals surface area contributed by atoms with Gasteiger partial charge in [-0.15, -0.1) is 0 Å². The Balaban J connectivity index is 1.44. The highest BCUT2D eigenvalue weighted by molar-refractivity contribution is 7.88. The number of nitrogens with zero attached hydrogens (tertiary/aromatic N) is 3. The van der Waals surface area contributed by atoms with Gasteiger partial charge < -0.3 is 4.98 Å². The third-order valence-corrected chi connectivity index (χ3v) is 7.16. The van der Waals surface area contributed by atoms with Crippen molar-refractivity contribution in [1.29, 1.82) is 0 Å². The zero-order valence-electron chi connectivity index (χ0n) is 20.6. The minimum absolute atomic E-state index is 0.00396. The highest BCUT2D eigenvalue weighted by Gasteiger charge is 2.16. The Morgan fingerprint density at radius 3 is 2.66 bits per heavy atom. The molecule has 4 heterocycles. The van der Waals surface area contributed by atoms with Crippen molar-refractivity contribution in [3.63, 3.8) is 0 Å². The molecule has 6 aromatic rings. The number of halogens is 1. The van der Waals surface area contributed by atoms with Gasteiger partial charge in [0.25, 0.3) is 0 Å². The Morgan fingerprint density at radius 1 is 0.974 bits per heavy atom. The summed E-state index contributed by atoms with van der Waals surface area (Å²) in [7, 11) is -3.41. The summed E-state index contributed by atoms with van der Waals surface area (Å²) in [5, 5.41) is 9.42. The van der Waals surface area contributed by atoms with Gasteiger partial charge in [0.1, 0.15) is 11.5 Å². The molecule has 2 aromatic carbocycles. The molecule has 0 aliphatic rings. The van der Waals surface area contributed by atoms with Gasteiger partial charge in [0.05, 0.1) is 29.4 Å². The van der Waals surface area contributed by atoms with Crippen molar-refractivity contribution in [2.45, 2.75) is 13.5 Å². The Bertz CT molecular complexity index is 1940. The highest BCUT2D eigenvalue weighted by atomic mass is 32.2. The van der Waals surface area contributed by atoms with Crippen LogP contribution in [0.25, 0.3) is 55.6 Å². The van der Waals surface area contributed by atoms with Crippen molar-refractivity contribution in [2.75, 3.05) is 6.26 Å². The molecule has 4 aromatic heterocycles. The van der Waals surface area contributed by atoms with E-state index in [-0.39, 0.29) is 6.54 Å². The number of nitrogens with one attached hydrogen (secondary N) is 3. The lowest BCUT2D eigenvalue weighted by Gasteiger charge is -2.08. The van der Waals surface area contributed by atoms with E-state index in [9.17, 15) is 12.8 Å². The van der Waals surface area contributed by atoms with Crippen molar-refractivity contribution in [3.8, 4) is 33.8 Å². The Kier molecular flexibility index (Phi) is 5.77. The van der Waals surface area contributed by atoms with Crippen LogP contribution in [0, 0.1) is 12.7 Å². The lowest BCUT2D eigenvalue weighted by atomic mass is 9.99. The van der Waals surface area contributed by atoms with Crippen molar-refractivity contribution in [1.82, 2.24) is 29.9 Å². The fraction of sp³-hybridized carbons (Fsp3) is 0.107. The molecular formula is C28H23FN6O2S. The predicted octanol–water partition coefficient (Wildman–Crippen LogP) is 5.33. The van der Waals surface area contributed by atoms with Gasteiger partial charge in [-0.1, -0.05) is 12.1 Å². The smallest absolute Gasteiger partial charge is 0.209 e. The number of hydrogen-bond acceptors (Lipinski definition) is 5. The van der Waals surface area contributed by atoms with Crippen LogP contribution < -0.4 is 4.72 Å². The molecule has 6 rings (SSSR count). The number of aromatic nitrogens is 5. The molecule has 0 atom stereocenters. The van der Waals surface area contributed by atoms with E-state index < -0.39 is 15.8 Å². The number of hydrogen-bond donors (Lipinski definition) is 3. The van der Waals surface area contributed by atoms with Crippen LogP contribution in [0.3, 0.4) is 0 Å². The first kappa shape index (κ1) is 24.0. The zero-order valence-corrected chi connectivity index (χ0v) is 21.4. The average Bonchev–Trinajstić information content (AvgIpc) is 3.50. The molecule has 0 bridgehead atoms. The van der Waals surface area contributed by atoms with Gasteiger partial charge in [0, 0.05) is 40.8 Å². The summed E-state index contributed by atoms with van der Waals surface area (Å²) < 4.78 is 40.0. The Morgan fingerprint density at radius 2 is 1.84 bits per heavy atom. The average molecular weight is 527 g/mol. The molecule has 0 radical (unpaired) electrons. The minimum atomic E-state index is -3.41. The summed E-state index contributed by atoms with van der Waals surface area (Å²) in [5.74, 6) is -0.440. The third-order valence-electron chi connectivity index (χ3n) is 6.49. The number of fused-ring (bicyclic) bond motifs is 2. The molecule has 0 aliphatic carbocycles. The fourth-order valence-electron chi connectivity index (χ4n) is 4.66. The molecule has 0 fully saturated rings. The second kappa shape index (κ2) is 9.16. The Labute approximate surface area is 218 Å². The molecule has 0 unspecified atom stereocenters. The first-order valence-corrected chi connectivity index (χ1v) is 13.8. The zero-order chi connectivity index (χ0) is 26.4. The van der Waals surface area contributed by atoms with Crippen LogP contribution in [-0.4, -0.2) is 39.8 Å². The van der Waals surface area contributed by atoms with Gasteiger partial charge in [0.15, 0.2) is 0 Å². The number of benzene rings is 2. The maximum absolute atomic E-state index is 14.5. The van der Waals surface area contributed by atoms with E-state index in [1.165, 1.54) is 12.1 Å². The lowest BCUT2D eigenvalue weighted by Crippen LogP contribution is -2.21. The molecule has 0 saturated heterocycles. The summed E-state index contributed by atoms with van der Waals surface area (Å²) in [6.45, 7) is 2.03. The monoisotopic (exact) mass is 526 g/mol. The summed E-state index contributed by atoms with van der Waals surface area (Å²) >= 11 is 0. The number of rotatable bonds is 6. The van der Waals surface area contributed by atoms with E-state index in [2.05, 4.69) is 29.9 Å². The number of pyridine rings is 2. The van der Waals surface area contributed by atoms with Crippen LogP contribution in [-0.2, 0) is 16.6 Å². The first-order chi connectivity index (χ1) is 18.2. The topological polar surface area (TPSA) is 116 Å². The van der Waals surface area contributed by atoms with Gasteiger partial charge in [-0.3, -0.25) is 15.1 Å². The van der Waals surface area contributed by atoms with E-state index >= 15 is 0 Å². The minimum Gasteiger partial charge on any atom is -0.353 e. The number of aryl methyl sites for hydroxylation is 1. The molecule has 8 nitrogen and oxygen atoms in total. The quantitative estimate of drug-likeness (QED) is 0.271. The number of sulfonamides is 1. The maximum Gasteiger partial charge on any atom is 0.209 e. The summed E-state index contributed by atoms with van der Waals surface area (Å²) in [4.78, 5) is 12.3. The van der Waals surface area contributed by atoms with Crippen LogP contribution in [0.2, 0.25) is 0 Å². The first-order valence-electron chi connectivity index (χ1n) is 11.9. The van der Waals surface area contributed by atoms with Gasteiger partial charge in [-0.25, -0.2) is 17.5 Å². The summed E-state index contributed by atoms with van der Waals surface area (Å²) in [5.41, 5.74) is 8.04. The van der Waals surface area contributed by atoms with Crippen LogP contribution in [0.1, 0.15) is 11.1 Å². The van der Waals surface area contributed by atoms with Crippen molar-refractivity contribution in [3.05, 3.63) is 90.1 Å². The van der Waals surface area contributed by atoms with Crippen molar-refractivity contribution >= 4 is 31.8 Å². The van der Waals surface area contributed by atoms with E-state index in [1.54, 1.807) is 24.7 Å². The van der Waals surface area contributed by atoms with Gasteiger partial charge in [-0.05, 0) is 71.6 Å². The second-order valence-electron chi connectivity index (χ2n) is 9.27. The SMILES string of the molecule is Cc1ccncc1-c1cc2c(-c3cc4c(-c5cc(F)cc(CNS(C)(=O)=O)c5)cccc4[nH]3)n[nH]c2cn1. The van der Waals surface area contributed by atoms with E-state index in [1.807, 2.05) is 43.3 Å². The van der Waals surface area contributed by atoms with E-state index in [4.69, 9.17) is 0 Å². The largest absolute Gasteiger partial charge is 0.353 e. The second-order valence-corrected chi connectivity index (χ2v) is 11.1. The van der Waals surface area contributed by atoms with Crippen LogP contribution in [0.4, 0.5) is 4.39 Å². The molecular weight excluding hydrogens is 503 g/mol. The summed E-state index contributed by atoms with van der Waals surface area (Å²) in [6, 6.07) is 16.3. The standard InChI is InChI=1S/C28H23FN6O2S/c1-16-6-7-30-14-23(16)25-12-22-27(15-31-25)34-35-28(22)26-11-21-20(4-3-5-24(21)33-26)18-8-17(9-19(29)10-18)13-32-38(2,36)37/h3-12,14-15,32-33H,13H2,1-2H3,(H,34,35). The van der Waals surface area contributed by atoms with Crippen molar-refractivity contribution < 1.29 is 12.8 Å². The molecule has 0 spiro atoms. The molecule has 38 heavy (non-hydrogen) atoms. The molecule has 0 saturated carbocycles. The van der Waals surface area contributed by atoms with Gasteiger partial charge in [-0.2, -0.15) is 5.10 Å². The molecule has 0 aliphatic heterocycles. The van der Waals surface area contributed by atoms with E-state index in [0.717, 1.165) is 61.8 Å². The van der Waals surface area contributed by atoms with E-state index in [0.29, 0.717) is 11.1 Å². The van der Waals surface area contributed by atoms with Crippen LogP contribution in [0.15, 0.2) is 73.2 Å². The predicted molar refractivity (Wildman–Crippen MR) is 146 cm³/mol. The third kappa shape index (κ3) is 4.55. The van der Waals surface area contributed by atoms with Gasteiger partial charge >= 0.3 is 0 Å². The molecule has 3 N–H and O–H groups in total. The highest BCUT2D eigenvalue weighted by Crippen LogP contribution is 2.35. The molecule has 10 heteroatoms. The summed E-state index contributed by atoms with van der Waals surface area (Å²) in [6.07, 6.45) is 6.40. The normalized spacial score (nSPS) is 12.0.